The van der Waals surface area contributed by atoms with Crippen molar-refractivity contribution < 1.29 is 33.0 Å². The number of aromatic nitrogens is 1. The number of fused-ring (bicyclic) bond motifs is 2. The Kier molecular flexibility index (Phi) is 5.97. The average molecular weight is 532 g/mol. The Labute approximate surface area is 219 Å². The number of amides is 3. The number of nitrogens with zero attached hydrogens (tertiary/aromatic N) is 2. The van der Waals surface area contributed by atoms with Crippen LogP contribution < -0.4 is 19.5 Å². The molecule has 3 amide bonds. The van der Waals surface area contributed by atoms with Crippen LogP contribution in [-0.2, 0) is 13.1 Å². The fourth-order valence-electron chi connectivity index (χ4n) is 4.16. The number of halogens is 1. The van der Waals surface area contributed by atoms with Crippen molar-refractivity contribution in [3.63, 3.8) is 0 Å². The first-order valence-electron chi connectivity index (χ1n) is 11.5. The lowest BCUT2D eigenvalue weighted by molar-refractivity contribution is 0.0641. The molecule has 0 spiro atoms. The van der Waals surface area contributed by atoms with Gasteiger partial charge >= 0.3 is 0 Å². The first-order chi connectivity index (χ1) is 18.5. The molecule has 0 radical (unpaired) electrons. The Morgan fingerprint density at radius 2 is 1.79 bits per heavy atom. The standard InChI is InChI=1S/C27H18FN3O6S/c28-20-9-15(12-31-26(33)18-3-1-2-4-19(18)27(31)34)5-6-16(20)11-29-24(32)23-25(30-13-38-23)37-17-7-8-21-22(10-17)36-14-35-21/h1-10,13H,11-12,14H2,(H,29,32). The third kappa shape index (κ3) is 4.33. The summed E-state index contributed by atoms with van der Waals surface area (Å²) >= 11 is 1.09. The highest BCUT2D eigenvalue weighted by Gasteiger charge is 2.35. The van der Waals surface area contributed by atoms with Crippen molar-refractivity contribution in [1.29, 1.82) is 0 Å². The molecule has 1 N–H and O–H groups in total. The van der Waals surface area contributed by atoms with Crippen LogP contribution in [-0.4, -0.2) is 34.4 Å². The smallest absolute Gasteiger partial charge is 0.267 e. The normalized spacial score (nSPS) is 13.6. The summed E-state index contributed by atoms with van der Waals surface area (Å²) in [4.78, 5) is 43.4. The van der Waals surface area contributed by atoms with Gasteiger partial charge in [0.2, 0.25) is 12.7 Å². The second kappa shape index (κ2) is 9.60. The molecule has 0 unspecified atom stereocenters. The van der Waals surface area contributed by atoms with E-state index in [1.807, 2.05) is 0 Å². The van der Waals surface area contributed by atoms with Gasteiger partial charge in [0.1, 0.15) is 11.6 Å². The van der Waals surface area contributed by atoms with Crippen LogP contribution in [0.5, 0.6) is 23.1 Å². The van der Waals surface area contributed by atoms with Crippen molar-refractivity contribution >= 4 is 29.1 Å². The van der Waals surface area contributed by atoms with Gasteiger partial charge in [-0.25, -0.2) is 9.37 Å². The monoisotopic (exact) mass is 531 g/mol. The molecule has 0 fully saturated rings. The van der Waals surface area contributed by atoms with Crippen LogP contribution >= 0.6 is 11.3 Å². The maximum absolute atomic E-state index is 14.9. The summed E-state index contributed by atoms with van der Waals surface area (Å²) < 4.78 is 31.2. The molecule has 9 nitrogen and oxygen atoms in total. The van der Waals surface area contributed by atoms with E-state index in [4.69, 9.17) is 14.2 Å². The van der Waals surface area contributed by atoms with Crippen molar-refractivity contribution in [2.24, 2.45) is 0 Å². The first kappa shape index (κ1) is 23.6. The molecule has 0 aliphatic carbocycles. The van der Waals surface area contributed by atoms with Crippen molar-refractivity contribution in [3.05, 3.63) is 99.1 Å². The molecular formula is C27H18FN3O6S. The SMILES string of the molecule is O=C(NCc1ccc(CN2C(=O)c3ccccc3C2=O)cc1F)c1scnc1Oc1ccc2c(c1)OCO2. The molecule has 38 heavy (non-hydrogen) atoms. The van der Waals surface area contributed by atoms with Crippen LogP contribution in [0.2, 0.25) is 0 Å². The van der Waals surface area contributed by atoms with Crippen molar-refractivity contribution in [1.82, 2.24) is 15.2 Å². The van der Waals surface area contributed by atoms with Gasteiger partial charge < -0.3 is 19.5 Å². The Balaban J connectivity index is 1.09. The second-order valence-electron chi connectivity index (χ2n) is 8.45. The van der Waals surface area contributed by atoms with Crippen LogP contribution in [0.4, 0.5) is 4.39 Å². The Morgan fingerprint density at radius 3 is 2.55 bits per heavy atom. The van der Waals surface area contributed by atoms with E-state index in [1.165, 1.54) is 17.6 Å². The Hall–Kier alpha value is -4.77. The third-order valence-corrected chi connectivity index (χ3v) is 6.88. The van der Waals surface area contributed by atoms with Crippen LogP contribution in [0.1, 0.15) is 41.5 Å². The van der Waals surface area contributed by atoms with E-state index < -0.39 is 23.5 Å². The molecule has 190 valence electrons. The Bertz CT molecular complexity index is 1570. The highest BCUT2D eigenvalue weighted by molar-refractivity contribution is 7.12. The number of nitrogens with one attached hydrogen (secondary N) is 1. The largest absolute Gasteiger partial charge is 0.454 e. The van der Waals surface area contributed by atoms with Crippen molar-refractivity contribution in [3.8, 4) is 23.1 Å². The van der Waals surface area contributed by atoms with Crippen LogP contribution in [0, 0.1) is 5.82 Å². The maximum atomic E-state index is 14.9. The van der Waals surface area contributed by atoms with E-state index >= 15 is 0 Å². The zero-order chi connectivity index (χ0) is 26.2. The van der Waals surface area contributed by atoms with E-state index in [-0.39, 0.29) is 36.2 Å². The number of carbonyl (C=O) groups is 3. The summed E-state index contributed by atoms with van der Waals surface area (Å²) in [6.07, 6.45) is 0. The average Bonchev–Trinajstić information content (AvgIpc) is 3.64. The molecule has 2 aliphatic heterocycles. The number of benzene rings is 3. The first-order valence-corrected chi connectivity index (χ1v) is 12.4. The second-order valence-corrected chi connectivity index (χ2v) is 9.31. The van der Waals surface area contributed by atoms with E-state index in [1.54, 1.807) is 48.5 Å². The lowest BCUT2D eigenvalue weighted by atomic mass is 10.1. The number of hydrogen-bond donors (Lipinski definition) is 1. The highest BCUT2D eigenvalue weighted by Crippen LogP contribution is 2.37. The predicted octanol–water partition coefficient (Wildman–Crippen LogP) is 4.53. The minimum atomic E-state index is -0.569. The van der Waals surface area contributed by atoms with Gasteiger partial charge in [-0.05, 0) is 35.9 Å². The topological polar surface area (TPSA) is 107 Å². The van der Waals surface area contributed by atoms with Gasteiger partial charge in [-0.15, -0.1) is 11.3 Å². The molecule has 11 heteroatoms. The number of ether oxygens (including phenoxy) is 3. The van der Waals surface area contributed by atoms with Crippen LogP contribution in [0.3, 0.4) is 0 Å². The summed E-state index contributed by atoms with van der Waals surface area (Å²) in [5.41, 5.74) is 2.84. The minimum Gasteiger partial charge on any atom is -0.454 e. The van der Waals surface area contributed by atoms with E-state index in [0.717, 1.165) is 16.2 Å². The van der Waals surface area contributed by atoms with Gasteiger partial charge in [-0.1, -0.05) is 24.3 Å². The molecule has 6 rings (SSSR count). The number of carbonyl (C=O) groups excluding carboxylic acids is 3. The molecule has 2 aliphatic rings. The van der Waals surface area contributed by atoms with Gasteiger partial charge in [0.25, 0.3) is 17.7 Å². The van der Waals surface area contributed by atoms with E-state index in [0.29, 0.717) is 33.9 Å². The fraction of sp³-hybridized carbons (Fsp3) is 0.111. The third-order valence-electron chi connectivity index (χ3n) is 6.08. The number of rotatable bonds is 7. The van der Waals surface area contributed by atoms with Gasteiger partial charge in [0.05, 0.1) is 23.2 Å². The molecule has 1 aromatic heterocycles. The van der Waals surface area contributed by atoms with Gasteiger partial charge in [-0.3, -0.25) is 19.3 Å². The number of hydrogen-bond acceptors (Lipinski definition) is 8. The summed E-state index contributed by atoms with van der Waals surface area (Å²) in [6, 6.07) is 16.0. The summed E-state index contributed by atoms with van der Waals surface area (Å²) in [7, 11) is 0. The minimum absolute atomic E-state index is 0.0582. The summed E-state index contributed by atoms with van der Waals surface area (Å²) in [5.74, 6) is -0.192. The highest BCUT2D eigenvalue weighted by atomic mass is 32.1. The fourth-order valence-corrected chi connectivity index (χ4v) is 4.79. The Morgan fingerprint density at radius 1 is 1.03 bits per heavy atom. The molecule has 0 saturated carbocycles. The summed E-state index contributed by atoms with van der Waals surface area (Å²) in [6.45, 7) is -0.0138. The molecule has 3 heterocycles. The van der Waals surface area contributed by atoms with E-state index in [2.05, 4.69) is 10.3 Å². The lowest BCUT2D eigenvalue weighted by Crippen LogP contribution is -2.29. The molecule has 0 atom stereocenters. The molecule has 3 aromatic carbocycles. The van der Waals surface area contributed by atoms with Gasteiger partial charge in [-0.2, -0.15) is 0 Å². The van der Waals surface area contributed by atoms with Crippen molar-refractivity contribution in [2.75, 3.05) is 6.79 Å². The molecule has 0 bridgehead atoms. The number of thiazole rings is 1. The van der Waals surface area contributed by atoms with Crippen molar-refractivity contribution in [2.45, 2.75) is 13.1 Å². The molecule has 4 aromatic rings. The van der Waals surface area contributed by atoms with E-state index in [9.17, 15) is 18.8 Å². The number of imide groups is 1. The molecular weight excluding hydrogens is 513 g/mol. The predicted molar refractivity (Wildman–Crippen MR) is 133 cm³/mol. The maximum Gasteiger partial charge on any atom is 0.267 e. The van der Waals surface area contributed by atoms with Gasteiger partial charge in [0.15, 0.2) is 16.4 Å². The quantitative estimate of drug-likeness (QED) is 0.349. The zero-order valence-electron chi connectivity index (χ0n) is 19.6. The van der Waals surface area contributed by atoms with Crippen LogP contribution in [0.25, 0.3) is 0 Å². The lowest BCUT2D eigenvalue weighted by Gasteiger charge is -2.15. The van der Waals surface area contributed by atoms with Gasteiger partial charge in [0, 0.05) is 18.2 Å². The molecule has 0 saturated heterocycles. The zero-order valence-corrected chi connectivity index (χ0v) is 20.4. The summed E-state index contributed by atoms with van der Waals surface area (Å²) in [5, 5.41) is 2.68. The van der Waals surface area contributed by atoms with Crippen LogP contribution in [0.15, 0.2) is 66.2 Å².